The monoisotopic (exact) mass is 251 g/mol. The summed E-state index contributed by atoms with van der Waals surface area (Å²) in [6.45, 7) is 11.4. The molecule has 1 unspecified atom stereocenters. The average molecular weight is 251 g/mol. The highest BCUT2D eigenvalue weighted by Crippen LogP contribution is 2.25. The second-order valence-electron chi connectivity index (χ2n) is 4.79. The molecular weight excluding hydrogens is 226 g/mol. The van der Waals surface area contributed by atoms with Crippen LogP contribution in [0.1, 0.15) is 50.9 Å². The van der Waals surface area contributed by atoms with Gasteiger partial charge in [0.1, 0.15) is 11.9 Å². The SMILES string of the molecule is CCNc1nc(C(OC)C(C)C)nc(CC)c1C. The van der Waals surface area contributed by atoms with Crippen LogP contribution in [0.3, 0.4) is 0 Å². The van der Waals surface area contributed by atoms with Crippen molar-refractivity contribution in [2.24, 2.45) is 5.92 Å². The lowest BCUT2D eigenvalue weighted by Crippen LogP contribution is -2.16. The van der Waals surface area contributed by atoms with Crippen LogP contribution in [0.4, 0.5) is 5.82 Å². The molecule has 0 spiro atoms. The highest BCUT2D eigenvalue weighted by atomic mass is 16.5. The summed E-state index contributed by atoms with van der Waals surface area (Å²) >= 11 is 0. The van der Waals surface area contributed by atoms with Gasteiger partial charge in [-0.3, -0.25) is 0 Å². The molecular formula is C14H25N3O. The van der Waals surface area contributed by atoms with Gasteiger partial charge in [0.2, 0.25) is 0 Å². The molecule has 0 bridgehead atoms. The normalized spacial score (nSPS) is 12.8. The number of nitrogens with zero attached hydrogens (tertiary/aromatic N) is 2. The first-order valence-corrected chi connectivity index (χ1v) is 6.69. The zero-order chi connectivity index (χ0) is 13.7. The topological polar surface area (TPSA) is 47.0 Å². The minimum absolute atomic E-state index is 0.0479. The van der Waals surface area contributed by atoms with Gasteiger partial charge >= 0.3 is 0 Å². The number of aromatic nitrogens is 2. The van der Waals surface area contributed by atoms with Crippen molar-refractivity contribution >= 4 is 5.82 Å². The third-order valence-electron chi connectivity index (χ3n) is 3.06. The minimum atomic E-state index is -0.0479. The molecule has 1 aromatic heterocycles. The second-order valence-corrected chi connectivity index (χ2v) is 4.79. The van der Waals surface area contributed by atoms with Crippen LogP contribution in [0.5, 0.6) is 0 Å². The van der Waals surface area contributed by atoms with Crippen molar-refractivity contribution in [3.05, 3.63) is 17.1 Å². The Balaban J connectivity index is 3.23. The Morgan fingerprint density at radius 1 is 1.22 bits per heavy atom. The van der Waals surface area contributed by atoms with E-state index >= 15 is 0 Å². The smallest absolute Gasteiger partial charge is 0.159 e. The molecule has 0 aliphatic rings. The summed E-state index contributed by atoms with van der Waals surface area (Å²) < 4.78 is 5.52. The molecule has 1 heterocycles. The molecule has 4 heteroatoms. The molecule has 0 saturated heterocycles. The number of hydrogen-bond acceptors (Lipinski definition) is 4. The third-order valence-corrected chi connectivity index (χ3v) is 3.06. The molecule has 0 radical (unpaired) electrons. The third kappa shape index (κ3) is 3.19. The Hall–Kier alpha value is -1.16. The maximum Gasteiger partial charge on any atom is 0.159 e. The Labute approximate surface area is 110 Å². The molecule has 1 N–H and O–H groups in total. The van der Waals surface area contributed by atoms with Gasteiger partial charge in [0, 0.05) is 24.9 Å². The lowest BCUT2D eigenvalue weighted by atomic mass is 10.1. The number of aryl methyl sites for hydroxylation is 1. The summed E-state index contributed by atoms with van der Waals surface area (Å²) in [5.41, 5.74) is 2.24. The fraction of sp³-hybridized carbons (Fsp3) is 0.714. The van der Waals surface area contributed by atoms with Crippen molar-refractivity contribution in [3.8, 4) is 0 Å². The molecule has 0 aliphatic carbocycles. The summed E-state index contributed by atoms with van der Waals surface area (Å²) in [6, 6.07) is 0. The van der Waals surface area contributed by atoms with E-state index in [9.17, 15) is 0 Å². The maximum absolute atomic E-state index is 5.52. The number of rotatable bonds is 6. The largest absolute Gasteiger partial charge is 0.373 e. The molecule has 4 nitrogen and oxygen atoms in total. The van der Waals surface area contributed by atoms with Crippen molar-refractivity contribution in [1.29, 1.82) is 0 Å². The molecule has 0 saturated carbocycles. The van der Waals surface area contributed by atoms with Crippen LogP contribution in [0.15, 0.2) is 0 Å². The van der Waals surface area contributed by atoms with E-state index in [2.05, 4.69) is 49.9 Å². The van der Waals surface area contributed by atoms with Crippen LogP contribution >= 0.6 is 0 Å². The van der Waals surface area contributed by atoms with Crippen LogP contribution in [0, 0.1) is 12.8 Å². The van der Waals surface area contributed by atoms with Gasteiger partial charge in [0.15, 0.2) is 5.82 Å². The van der Waals surface area contributed by atoms with Gasteiger partial charge in [0.05, 0.1) is 0 Å². The molecule has 1 aromatic rings. The van der Waals surface area contributed by atoms with Crippen LogP contribution in [-0.2, 0) is 11.2 Å². The number of methoxy groups -OCH3 is 1. The highest BCUT2D eigenvalue weighted by Gasteiger charge is 2.20. The van der Waals surface area contributed by atoms with Gasteiger partial charge in [-0.15, -0.1) is 0 Å². The molecule has 1 rings (SSSR count). The Bertz CT molecular complexity index is 391. The lowest BCUT2D eigenvalue weighted by Gasteiger charge is -2.20. The summed E-state index contributed by atoms with van der Waals surface area (Å²) in [7, 11) is 1.71. The van der Waals surface area contributed by atoms with Gasteiger partial charge in [-0.25, -0.2) is 9.97 Å². The number of nitrogens with one attached hydrogen (secondary N) is 1. The van der Waals surface area contributed by atoms with Gasteiger partial charge in [-0.05, 0) is 26.2 Å². The first-order valence-electron chi connectivity index (χ1n) is 6.69. The van der Waals surface area contributed by atoms with Crippen LogP contribution in [0.25, 0.3) is 0 Å². The average Bonchev–Trinajstić information content (AvgIpc) is 2.33. The molecule has 0 aromatic carbocycles. The molecule has 0 fully saturated rings. The Kier molecular flexibility index (Phi) is 5.54. The van der Waals surface area contributed by atoms with E-state index < -0.39 is 0 Å². The molecule has 0 amide bonds. The van der Waals surface area contributed by atoms with Crippen molar-refractivity contribution < 1.29 is 4.74 Å². The first-order chi connectivity index (χ1) is 8.54. The van der Waals surface area contributed by atoms with Gasteiger partial charge in [-0.1, -0.05) is 20.8 Å². The van der Waals surface area contributed by atoms with Crippen molar-refractivity contribution in [2.75, 3.05) is 19.0 Å². The summed E-state index contributed by atoms with van der Waals surface area (Å²) in [5.74, 6) is 2.07. The van der Waals surface area contributed by atoms with Crippen LogP contribution in [-0.4, -0.2) is 23.6 Å². The van der Waals surface area contributed by atoms with E-state index in [1.165, 1.54) is 0 Å². The predicted octanol–water partition coefficient (Wildman–Crippen LogP) is 3.12. The zero-order valence-electron chi connectivity index (χ0n) is 12.4. The Morgan fingerprint density at radius 3 is 2.33 bits per heavy atom. The number of hydrogen-bond donors (Lipinski definition) is 1. The highest BCUT2D eigenvalue weighted by molar-refractivity contribution is 5.46. The molecule has 1 atom stereocenters. The van der Waals surface area contributed by atoms with Crippen LogP contribution in [0.2, 0.25) is 0 Å². The van der Waals surface area contributed by atoms with Gasteiger partial charge < -0.3 is 10.1 Å². The van der Waals surface area contributed by atoms with Crippen LogP contribution < -0.4 is 5.32 Å². The first kappa shape index (κ1) is 14.9. The van der Waals surface area contributed by atoms with E-state index in [0.717, 1.165) is 35.9 Å². The summed E-state index contributed by atoms with van der Waals surface area (Å²) in [6.07, 6.45) is 0.863. The fourth-order valence-electron chi connectivity index (χ4n) is 2.07. The van der Waals surface area contributed by atoms with E-state index in [0.29, 0.717) is 5.92 Å². The summed E-state index contributed by atoms with van der Waals surface area (Å²) in [4.78, 5) is 9.27. The Morgan fingerprint density at radius 2 is 1.89 bits per heavy atom. The van der Waals surface area contributed by atoms with Gasteiger partial charge in [0.25, 0.3) is 0 Å². The zero-order valence-corrected chi connectivity index (χ0v) is 12.4. The standard InChI is InChI=1S/C14H25N3O/c1-7-11-10(5)13(15-8-2)17-14(16-11)12(18-6)9(3)4/h9,12H,7-8H2,1-6H3,(H,15,16,17). The van der Waals surface area contributed by atoms with Crippen molar-refractivity contribution in [1.82, 2.24) is 9.97 Å². The van der Waals surface area contributed by atoms with Gasteiger partial charge in [-0.2, -0.15) is 0 Å². The lowest BCUT2D eigenvalue weighted by molar-refractivity contribution is 0.0574. The van der Waals surface area contributed by atoms with E-state index in [4.69, 9.17) is 4.74 Å². The van der Waals surface area contributed by atoms with Crippen molar-refractivity contribution in [3.63, 3.8) is 0 Å². The van der Waals surface area contributed by atoms with E-state index in [-0.39, 0.29) is 6.10 Å². The maximum atomic E-state index is 5.52. The predicted molar refractivity (Wildman–Crippen MR) is 74.9 cm³/mol. The number of ether oxygens (including phenoxy) is 1. The number of anilines is 1. The van der Waals surface area contributed by atoms with Crippen molar-refractivity contribution in [2.45, 2.75) is 47.1 Å². The van der Waals surface area contributed by atoms with E-state index in [1.807, 2.05) is 0 Å². The molecule has 102 valence electrons. The van der Waals surface area contributed by atoms with E-state index in [1.54, 1.807) is 7.11 Å². The summed E-state index contributed by atoms with van der Waals surface area (Å²) in [5, 5.41) is 3.30. The minimum Gasteiger partial charge on any atom is -0.373 e. The molecule has 0 aliphatic heterocycles. The second kappa shape index (κ2) is 6.69. The quantitative estimate of drug-likeness (QED) is 0.844. The fourth-order valence-corrected chi connectivity index (χ4v) is 2.07. The molecule has 18 heavy (non-hydrogen) atoms.